The first-order valence-electron chi connectivity index (χ1n) is 4.94. The highest BCUT2D eigenvalue weighted by Crippen LogP contribution is 2.41. The van der Waals surface area contributed by atoms with E-state index in [9.17, 15) is 4.79 Å². The largest absolute Gasteiger partial charge is 0.370 e. The molecule has 3 atom stereocenters. The van der Waals surface area contributed by atoms with Gasteiger partial charge in [-0.25, -0.2) is 4.79 Å². The number of ether oxygens (including phenoxy) is 1. The molecule has 0 aromatic carbocycles. The van der Waals surface area contributed by atoms with E-state index >= 15 is 0 Å². The van der Waals surface area contributed by atoms with Crippen molar-refractivity contribution in [3.8, 4) is 0 Å². The summed E-state index contributed by atoms with van der Waals surface area (Å²) in [5, 5.41) is 0. The monoisotopic (exact) mass is 197 g/mol. The van der Waals surface area contributed by atoms with Crippen LogP contribution in [0.25, 0.3) is 0 Å². The lowest BCUT2D eigenvalue weighted by Crippen LogP contribution is -2.24. The van der Waals surface area contributed by atoms with Gasteiger partial charge in [0.1, 0.15) is 0 Å². The topological polar surface area (TPSA) is 50.9 Å². The van der Waals surface area contributed by atoms with Gasteiger partial charge >= 0.3 is 5.97 Å². The van der Waals surface area contributed by atoms with Crippen LogP contribution in [0.2, 0.25) is 0 Å². The lowest BCUT2D eigenvalue weighted by Gasteiger charge is -2.19. The highest BCUT2D eigenvalue weighted by atomic mass is 16.7. The van der Waals surface area contributed by atoms with Crippen LogP contribution < -0.4 is 5.48 Å². The van der Waals surface area contributed by atoms with Gasteiger partial charge in [0.25, 0.3) is 0 Å². The number of hydroxylamine groups is 1. The summed E-state index contributed by atoms with van der Waals surface area (Å²) in [5.74, 6) is -0.115. The Labute approximate surface area is 83.2 Å². The molecule has 2 aliphatic rings. The molecule has 1 aliphatic carbocycles. The maximum Gasteiger partial charge on any atom is 0.352 e. The number of hydrogen-bond donors (Lipinski definition) is 1. The predicted octanol–water partition coefficient (Wildman–Crippen LogP) is 0.788. The number of fused-ring (bicyclic) bond motifs is 1. The zero-order chi connectivity index (χ0) is 10.1. The molecule has 14 heavy (non-hydrogen) atoms. The number of carbonyl (C=O) groups excluding carboxylic acids is 1. The summed E-state index contributed by atoms with van der Waals surface area (Å²) in [4.78, 5) is 16.0. The summed E-state index contributed by atoms with van der Waals surface area (Å²) < 4.78 is 5.39. The van der Waals surface area contributed by atoms with Crippen molar-refractivity contribution in [3.63, 3.8) is 0 Å². The lowest BCUT2D eigenvalue weighted by atomic mass is 9.84. The fraction of sp³-hybridized carbons (Fsp3) is 0.700. The molecule has 4 nitrogen and oxygen atoms in total. The molecule has 0 spiro atoms. The maximum absolute atomic E-state index is 11.3. The highest BCUT2D eigenvalue weighted by molar-refractivity contribution is 5.88. The van der Waals surface area contributed by atoms with E-state index in [1.54, 1.807) is 7.05 Å². The molecule has 2 fully saturated rings. The fourth-order valence-electron chi connectivity index (χ4n) is 2.05. The van der Waals surface area contributed by atoms with E-state index in [2.05, 4.69) is 16.9 Å². The van der Waals surface area contributed by atoms with Crippen molar-refractivity contribution < 1.29 is 14.4 Å². The molecule has 4 heteroatoms. The summed E-state index contributed by atoms with van der Waals surface area (Å²) in [6.45, 7) is 3.78. The molecule has 3 unspecified atom stereocenters. The van der Waals surface area contributed by atoms with Crippen LogP contribution in [0.3, 0.4) is 0 Å². The third kappa shape index (κ3) is 1.81. The zero-order valence-corrected chi connectivity index (χ0v) is 8.29. The summed E-state index contributed by atoms with van der Waals surface area (Å²) in [5.41, 5.74) is 2.93. The van der Waals surface area contributed by atoms with E-state index in [0.29, 0.717) is 17.8 Å². The van der Waals surface area contributed by atoms with E-state index in [1.165, 1.54) is 0 Å². The van der Waals surface area contributed by atoms with Gasteiger partial charge in [-0.2, -0.15) is 5.48 Å². The molecule has 1 heterocycles. The minimum Gasteiger partial charge on any atom is -0.370 e. The van der Waals surface area contributed by atoms with Gasteiger partial charge in [0.2, 0.25) is 0 Å². The Kier molecular flexibility index (Phi) is 2.56. The van der Waals surface area contributed by atoms with Gasteiger partial charge in [0, 0.05) is 12.6 Å². The van der Waals surface area contributed by atoms with Crippen molar-refractivity contribution in [2.24, 2.45) is 5.92 Å². The van der Waals surface area contributed by atoms with Crippen LogP contribution in [-0.2, 0) is 14.4 Å². The summed E-state index contributed by atoms with van der Waals surface area (Å²) in [6, 6.07) is 0. The van der Waals surface area contributed by atoms with E-state index in [0.717, 1.165) is 19.3 Å². The van der Waals surface area contributed by atoms with Crippen molar-refractivity contribution in [3.05, 3.63) is 12.2 Å². The molecular weight excluding hydrogens is 182 g/mol. The van der Waals surface area contributed by atoms with E-state index in [1.807, 2.05) is 0 Å². The third-order valence-electron chi connectivity index (χ3n) is 2.95. The van der Waals surface area contributed by atoms with Crippen LogP contribution in [0.1, 0.15) is 19.3 Å². The van der Waals surface area contributed by atoms with Crippen molar-refractivity contribution in [1.82, 2.24) is 5.48 Å². The fourth-order valence-corrected chi connectivity index (χ4v) is 2.05. The minimum absolute atomic E-state index is 0.236. The van der Waals surface area contributed by atoms with Crippen LogP contribution in [0, 0.1) is 5.92 Å². The number of epoxide rings is 1. The molecule has 1 saturated heterocycles. The molecule has 0 aromatic heterocycles. The van der Waals surface area contributed by atoms with Crippen molar-refractivity contribution in [1.29, 1.82) is 0 Å². The average molecular weight is 197 g/mol. The first-order valence-corrected chi connectivity index (χ1v) is 4.94. The molecule has 2 rings (SSSR count). The lowest BCUT2D eigenvalue weighted by molar-refractivity contribution is -0.145. The van der Waals surface area contributed by atoms with Crippen LogP contribution in [0.4, 0.5) is 0 Å². The predicted molar refractivity (Wildman–Crippen MR) is 50.3 cm³/mol. The van der Waals surface area contributed by atoms with E-state index in [4.69, 9.17) is 4.74 Å². The SMILES string of the molecule is C=C(C(=O)ONC)C1CCC2OC2C1. The van der Waals surface area contributed by atoms with Crippen molar-refractivity contribution in [2.75, 3.05) is 7.05 Å². The van der Waals surface area contributed by atoms with Crippen molar-refractivity contribution in [2.45, 2.75) is 31.5 Å². The van der Waals surface area contributed by atoms with Gasteiger partial charge in [0.15, 0.2) is 0 Å². The smallest absolute Gasteiger partial charge is 0.352 e. The van der Waals surface area contributed by atoms with Crippen molar-refractivity contribution >= 4 is 5.97 Å². The van der Waals surface area contributed by atoms with Gasteiger partial charge in [-0.1, -0.05) is 6.58 Å². The Morgan fingerprint density at radius 1 is 1.50 bits per heavy atom. The molecule has 1 N–H and O–H groups in total. The summed E-state index contributed by atoms with van der Waals surface area (Å²) >= 11 is 0. The molecule has 0 amide bonds. The van der Waals surface area contributed by atoms with E-state index in [-0.39, 0.29) is 11.9 Å². The maximum atomic E-state index is 11.3. The van der Waals surface area contributed by atoms with E-state index < -0.39 is 0 Å². The van der Waals surface area contributed by atoms with Crippen LogP contribution >= 0.6 is 0 Å². The van der Waals surface area contributed by atoms with Crippen LogP contribution in [-0.4, -0.2) is 25.2 Å². The molecule has 1 aliphatic heterocycles. The summed E-state index contributed by atoms with van der Waals surface area (Å²) in [7, 11) is 1.56. The number of rotatable bonds is 3. The Bertz CT molecular complexity index is 264. The molecule has 0 bridgehead atoms. The third-order valence-corrected chi connectivity index (χ3v) is 2.95. The molecule has 1 saturated carbocycles. The summed E-state index contributed by atoms with van der Waals surface area (Å²) in [6.07, 6.45) is 3.77. The first-order chi connectivity index (χ1) is 6.72. The molecule has 0 aromatic rings. The average Bonchev–Trinajstić information content (AvgIpc) is 2.94. The Hall–Kier alpha value is -0.870. The van der Waals surface area contributed by atoms with Gasteiger partial charge in [0.05, 0.1) is 12.2 Å². The second-order valence-corrected chi connectivity index (χ2v) is 3.84. The second kappa shape index (κ2) is 3.71. The molecule has 0 radical (unpaired) electrons. The van der Waals surface area contributed by atoms with Gasteiger partial charge in [-0.05, 0) is 25.2 Å². The minimum atomic E-state index is -0.350. The normalized spacial score (nSPS) is 34.5. The standard InChI is InChI=1S/C10H15NO3/c1-6(10(12)14-11-2)7-3-4-8-9(5-7)13-8/h7-9,11H,1,3-5H2,2H3. The van der Waals surface area contributed by atoms with Crippen LogP contribution in [0.5, 0.6) is 0 Å². The van der Waals surface area contributed by atoms with Gasteiger partial charge in [-0.15, -0.1) is 0 Å². The van der Waals surface area contributed by atoms with Gasteiger partial charge in [-0.3, -0.25) is 0 Å². The van der Waals surface area contributed by atoms with Gasteiger partial charge < -0.3 is 9.57 Å². The zero-order valence-electron chi connectivity index (χ0n) is 8.29. The first kappa shape index (κ1) is 9.68. The Balaban J connectivity index is 1.87. The number of carbonyl (C=O) groups is 1. The number of nitrogens with one attached hydrogen (secondary N) is 1. The second-order valence-electron chi connectivity index (χ2n) is 3.84. The van der Waals surface area contributed by atoms with Crippen LogP contribution in [0.15, 0.2) is 12.2 Å². The highest BCUT2D eigenvalue weighted by Gasteiger charge is 2.45. The molecule has 78 valence electrons. The molecular formula is C10H15NO3. The quantitative estimate of drug-likeness (QED) is 0.413. The Morgan fingerprint density at radius 2 is 2.29 bits per heavy atom. The Morgan fingerprint density at radius 3 is 2.93 bits per heavy atom. The number of hydrogen-bond acceptors (Lipinski definition) is 4.